The van der Waals surface area contributed by atoms with Gasteiger partial charge in [0.15, 0.2) is 0 Å². The van der Waals surface area contributed by atoms with Crippen molar-refractivity contribution in [3.63, 3.8) is 0 Å². The maximum atomic E-state index is 13.5. The van der Waals surface area contributed by atoms with Crippen molar-refractivity contribution in [3.8, 4) is 0 Å². The molecule has 2 aliphatic heterocycles. The molecule has 3 aliphatic rings. The highest BCUT2D eigenvalue weighted by atomic mass is 16.2. The van der Waals surface area contributed by atoms with Crippen LogP contribution in [0.3, 0.4) is 0 Å². The van der Waals surface area contributed by atoms with Crippen molar-refractivity contribution >= 4 is 17.7 Å². The van der Waals surface area contributed by atoms with Crippen LogP contribution < -0.4 is 16.0 Å². The van der Waals surface area contributed by atoms with Crippen LogP contribution in [0.15, 0.2) is 0 Å². The predicted molar refractivity (Wildman–Crippen MR) is 112 cm³/mol. The fraction of sp³-hybridized carbons (Fsp3) is 0.864. The second-order valence-electron chi connectivity index (χ2n) is 11.1. The Morgan fingerprint density at radius 1 is 1.21 bits per heavy atom. The van der Waals surface area contributed by atoms with Crippen molar-refractivity contribution in [2.75, 3.05) is 13.1 Å². The Balaban J connectivity index is 1.77. The summed E-state index contributed by atoms with van der Waals surface area (Å²) in [4.78, 5) is 40.9. The molecule has 0 aromatic carbocycles. The van der Waals surface area contributed by atoms with Gasteiger partial charge in [0.05, 0.1) is 6.17 Å². The van der Waals surface area contributed by atoms with Gasteiger partial charge in [-0.2, -0.15) is 0 Å². The summed E-state index contributed by atoms with van der Waals surface area (Å²) in [6.45, 7) is 15.5. The van der Waals surface area contributed by atoms with E-state index in [-0.39, 0.29) is 41.1 Å². The fourth-order valence-corrected chi connectivity index (χ4v) is 4.75. The molecule has 7 nitrogen and oxygen atoms in total. The molecule has 2 heterocycles. The van der Waals surface area contributed by atoms with Gasteiger partial charge in [0, 0.05) is 18.5 Å². The van der Waals surface area contributed by atoms with Gasteiger partial charge < -0.3 is 15.5 Å². The Labute approximate surface area is 174 Å². The number of amides is 3. The van der Waals surface area contributed by atoms with E-state index < -0.39 is 17.5 Å². The molecule has 0 bridgehead atoms. The van der Waals surface area contributed by atoms with Crippen LogP contribution in [0.5, 0.6) is 0 Å². The lowest BCUT2D eigenvalue weighted by Gasteiger charge is -2.36. The molecule has 0 aromatic rings. The van der Waals surface area contributed by atoms with Gasteiger partial charge in [0.25, 0.3) is 0 Å². The summed E-state index contributed by atoms with van der Waals surface area (Å²) in [5.74, 6) is 0.448. The van der Waals surface area contributed by atoms with Crippen LogP contribution in [0, 0.1) is 28.6 Å². The molecule has 3 rings (SSSR count). The minimum Gasteiger partial charge on any atom is -0.344 e. The van der Waals surface area contributed by atoms with Gasteiger partial charge in [0.2, 0.25) is 17.7 Å². The summed E-state index contributed by atoms with van der Waals surface area (Å²) < 4.78 is 0. The number of piperidine rings is 1. The van der Waals surface area contributed by atoms with E-state index in [4.69, 9.17) is 0 Å². The van der Waals surface area contributed by atoms with E-state index in [2.05, 4.69) is 29.8 Å². The van der Waals surface area contributed by atoms with Crippen molar-refractivity contribution in [3.05, 3.63) is 0 Å². The summed E-state index contributed by atoms with van der Waals surface area (Å²) in [6, 6.07) is -1.05. The summed E-state index contributed by atoms with van der Waals surface area (Å²) in [6.07, 6.45) is 1.49. The molecule has 164 valence electrons. The first kappa shape index (κ1) is 22.1. The van der Waals surface area contributed by atoms with E-state index in [1.807, 2.05) is 34.6 Å². The zero-order valence-electron chi connectivity index (χ0n) is 19.0. The van der Waals surface area contributed by atoms with Crippen LogP contribution in [0.2, 0.25) is 0 Å². The second kappa shape index (κ2) is 7.56. The number of carbonyl (C=O) groups excluding carboxylic acids is 3. The summed E-state index contributed by atoms with van der Waals surface area (Å²) in [5, 5.41) is 9.21. The molecule has 1 saturated carbocycles. The summed E-state index contributed by atoms with van der Waals surface area (Å²) >= 11 is 0. The molecular weight excluding hydrogens is 368 g/mol. The van der Waals surface area contributed by atoms with E-state index in [0.29, 0.717) is 18.9 Å². The van der Waals surface area contributed by atoms with Crippen molar-refractivity contribution < 1.29 is 14.4 Å². The molecule has 29 heavy (non-hydrogen) atoms. The first-order valence-electron chi connectivity index (χ1n) is 11.0. The van der Waals surface area contributed by atoms with Crippen LogP contribution in [-0.4, -0.2) is 54.0 Å². The van der Waals surface area contributed by atoms with Crippen molar-refractivity contribution in [2.24, 2.45) is 28.6 Å². The van der Waals surface area contributed by atoms with Gasteiger partial charge in [-0.05, 0) is 36.0 Å². The minimum atomic E-state index is -0.598. The number of fused-ring (bicyclic) bond motifs is 1. The second-order valence-corrected chi connectivity index (χ2v) is 11.1. The van der Waals surface area contributed by atoms with E-state index in [0.717, 1.165) is 13.0 Å². The highest BCUT2D eigenvalue weighted by Gasteiger charge is 2.69. The number of hydrogen-bond donors (Lipinski definition) is 3. The lowest BCUT2D eigenvalue weighted by Crippen LogP contribution is -2.61. The third-order valence-electron chi connectivity index (χ3n) is 6.89. The first-order chi connectivity index (χ1) is 13.3. The molecule has 1 aliphatic carbocycles. The van der Waals surface area contributed by atoms with Crippen molar-refractivity contribution in [2.45, 2.75) is 79.6 Å². The van der Waals surface area contributed by atoms with Crippen LogP contribution in [0.1, 0.15) is 61.3 Å². The number of carbonyl (C=O) groups is 3. The van der Waals surface area contributed by atoms with E-state index in [9.17, 15) is 14.4 Å². The van der Waals surface area contributed by atoms with Crippen LogP contribution in [-0.2, 0) is 14.4 Å². The van der Waals surface area contributed by atoms with E-state index in [1.165, 1.54) is 0 Å². The molecule has 7 heteroatoms. The van der Waals surface area contributed by atoms with Gasteiger partial charge in [0.1, 0.15) is 12.1 Å². The maximum absolute atomic E-state index is 13.5. The molecule has 0 aromatic heterocycles. The predicted octanol–water partition coefficient (Wildman–Crippen LogP) is 1.48. The Morgan fingerprint density at radius 3 is 2.31 bits per heavy atom. The smallest absolute Gasteiger partial charge is 0.245 e. The average Bonchev–Trinajstić information content (AvgIpc) is 2.92. The highest BCUT2D eigenvalue weighted by Crippen LogP contribution is 2.64. The SMILES string of the molecule is CC(C)C[C@H](NC(=O)C(C)(C)C)C(=O)N1C[C@H]2[C@@H]([C@H]1C(=O)NC1CCN1)C2(C)C. The number of likely N-dealkylation sites (tertiary alicyclic amines) is 1. The van der Waals surface area contributed by atoms with Crippen molar-refractivity contribution in [1.82, 2.24) is 20.9 Å². The quantitative estimate of drug-likeness (QED) is 0.623. The Kier molecular flexibility index (Phi) is 5.75. The molecule has 2 saturated heterocycles. The molecule has 3 fully saturated rings. The molecular formula is C22H38N4O3. The molecule has 5 atom stereocenters. The summed E-state index contributed by atoms with van der Waals surface area (Å²) in [7, 11) is 0. The van der Waals surface area contributed by atoms with Crippen molar-refractivity contribution in [1.29, 1.82) is 0 Å². The van der Waals surface area contributed by atoms with Gasteiger partial charge in [-0.15, -0.1) is 0 Å². The largest absolute Gasteiger partial charge is 0.344 e. The minimum absolute atomic E-state index is 0.00687. The molecule has 3 N–H and O–H groups in total. The number of nitrogens with one attached hydrogen (secondary N) is 3. The van der Waals surface area contributed by atoms with Crippen LogP contribution >= 0.6 is 0 Å². The van der Waals surface area contributed by atoms with Gasteiger partial charge in [-0.1, -0.05) is 48.5 Å². The molecule has 1 unspecified atom stereocenters. The third-order valence-corrected chi connectivity index (χ3v) is 6.89. The lowest BCUT2D eigenvalue weighted by molar-refractivity contribution is -0.144. The Bertz CT molecular complexity index is 678. The normalized spacial score (nSPS) is 31.0. The van der Waals surface area contributed by atoms with Gasteiger partial charge in [-0.25, -0.2) is 0 Å². The number of rotatable bonds is 6. The molecule has 0 radical (unpaired) electrons. The first-order valence-corrected chi connectivity index (χ1v) is 11.0. The number of nitrogens with zero attached hydrogens (tertiary/aromatic N) is 1. The van der Waals surface area contributed by atoms with E-state index >= 15 is 0 Å². The fourth-order valence-electron chi connectivity index (χ4n) is 4.75. The zero-order valence-corrected chi connectivity index (χ0v) is 19.0. The Hall–Kier alpha value is -1.63. The highest BCUT2D eigenvalue weighted by molar-refractivity contribution is 5.94. The lowest BCUT2D eigenvalue weighted by atomic mass is 9.93. The monoisotopic (exact) mass is 406 g/mol. The van der Waals surface area contributed by atoms with E-state index in [1.54, 1.807) is 4.90 Å². The standard InChI is InChI=1S/C22H38N4O3/c1-12(2)10-14(24-20(29)21(3,4)5)19(28)26-11-13-16(22(13,6)7)17(26)18(27)25-15-8-9-23-15/h12-17,23H,8-11H2,1-7H3,(H,24,29)(H,25,27)/t13-,14-,15?,16-,17-/m0/s1. The topological polar surface area (TPSA) is 90.5 Å². The van der Waals surface area contributed by atoms with Gasteiger partial charge >= 0.3 is 0 Å². The van der Waals surface area contributed by atoms with Gasteiger partial charge in [-0.3, -0.25) is 19.7 Å². The number of hydrogen-bond acceptors (Lipinski definition) is 4. The zero-order chi connectivity index (χ0) is 21.7. The van der Waals surface area contributed by atoms with Crippen LogP contribution in [0.4, 0.5) is 0 Å². The summed E-state index contributed by atoms with van der Waals surface area (Å²) in [5.41, 5.74) is -0.495. The molecule has 3 amide bonds. The third kappa shape index (κ3) is 4.30. The maximum Gasteiger partial charge on any atom is 0.245 e. The molecule has 0 spiro atoms. The Morgan fingerprint density at radius 2 is 1.83 bits per heavy atom. The van der Waals surface area contributed by atoms with Crippen LogP contribution in [0.25, 0.3) is 0 Å². The average molecular weight is 407 g/mol.